The molecule has 1 amide bonds. The van der Waals surface area contributed by atoms with Crippen molar-refractivity contribution in [3.63, 3.8) is 0 Å². The molecule has 0 spiro atoms. The zero-order valence-corrected chi connectivity index (χ0v) is 14.6. The summed E-state index contributed by atoms with van der Waals surface area (Å²) in [5, 5.41) is 2.91. The van der Waals surface area contributed by atoms with Gasteiger partial charge in [-0.1, -0.05) is 0 Å². The van der Waals surface area contributed by atoms with Crippen LogP contribution in [0.2, 0.25) is 0 Å². The largest absolute Gasteiger partial charge is 0.493 e. The summed E-state index contributed by atoms with van der Waals surface area (Å²) in [7, 11) is 3.10. The Balaban J connectivity index is 1.70. The average Bonchev–Trinajstić information content (AvgIpc) is 2.72. The molecule has 2 heterocycles. The van der Waals surface area contributed by atoms with E-state index < -0.39 is 0 Å². The normalized spacial score (nSPS) is 10.2. The van der Waals surface area contributed by atoms with Crippen LogP contribution in [-0.2, 0) is 6.54 Å². The van der Waals surface area contributed by atoms with E-state index in [1.54, 1.807) is 43.9 Å². The van der Waals surface area contributed by atoms with Crippen LogP contribution in [0.4, 0.5) is 0 Å². The van der Waals surface area contributed by atoms with E-state index in [9.17, 15) is 4.79 Å². The van der Waals surface area contributed by atoms with Gasteiger partial charge >= 0.3 is 0 Å². The molecule has 26 heavy (non-hydrogen) atoms. The van der Waals surface area contributed by atoms with E-state index in [0.717, 1.165) is 16.8 Å². The Morgan fingerprint density at radius 1 is 0.962 bits per heavy atom. The molecule has 0 bridgehead atoms. The molecule has 0 fully saturated rings. The maximum atomic E-state index is 12.4. The highest BCUT2D eigenvalue weighted by atomic mass is 16.5. The molecule has 1 aromatic carbocycles. The van der Waals surface area contributed by atoms with Gasteiger partial charge in [0.05, 0.1) is 19.9 Å². The number of methoxy groups -OCH3 is 2. The van der Waals surface area contributed by atoms with Crippen LogP contribution in [0.5, 0.6) is 11.5 Å². The van der Waals surface area contributed by atoms with Gasteiger partial charge in [0.25, 0.3) is 5.91 Å². The number of pyridine rings is 2. The molecule has 0 atom stereocenters. The van der Waals surface area contributed by atoms with Gasteiger partial charge in [-0.2, -0.15) is 0 Å². The van der Waals surface area contributed by atoms with E-state index in [1.807, 2.05) is 24.3 Å². The fraction of sp³-hybridized carbons (Fsp3) is 0.150. The first-order valence-electron chi connectivity index (χ1n) is 8.07. The van der Waals surface area contributed by atoms with Crippen LogP contribution in [0.3, 0.4) is 0 Å². The van der Waals surface area contributed by atoms with Crippen molar-refractivity contribution in [1.82, 2.24) is 15.3 Å². The van der Waals surface area contributed by atoms with E-state index in [4.69, 9.17) is 9.47 Å². The van der Waals surface area contributed by atoms with E-state index >= 15 is 0 Å². The van der Waals surface area contributed by atoms with Crippen molar-refractivity contribution in [2.75, 3.05) is 14.2 Å². The first-order chi connectivity index (χ1) is 12.7. The Morgan fingerprint density at radius 3 is 2.46 bits per heavy atom. The van der Waals surface area contributed by atoms with Gasteiger partial charge in [0.15, 0.2) is 11.5 Å². The van der Waals surface area contributed by atoms with Gasteiger partial charge < -0.3 is 14.8 Å². The smallest absolute Gasteiger partial charge is 0.251 e. The highest BCUT2D eigenvalue weighted by Gasteiger charge is 2.11. The third-order valence-electron chi connectivity index (χ3n) is 3.90. The quantitative estimate of drug-likeness (QED) is 0.740. The Hall–Kier alpha value is -3.41. The van der Waals surface area contributed by atoms with Gasteiger partial charge in [0.2, 0.25) is 0 Å². The zero-order chi connectivity index (χ0) is 18.4. The molecule has 0 radical (unpaired) electrons. The molecule has 3 aromatic rings. The molecule has 6 nitrogen and oxygen atoms in total. The number of hydrogen-bond acceptors (Lipinski definition) is 5. The molecular formula is C20H19N3O3. The Kier molecular flexibility index (Phi) is 5.43. The Bertz CT molecular complexity index is 898. The average molecular weight is 349 g/mol. The van der Waals surface area contributed by atoms with Crippen molar-refractivity contribution in [2.45, 2.75) is 6.54 Å². The maximum Gasteiger partial charge on any atom is 0.251 e. The summed E-state index contributed by atoms with van der Waals surface area (Å²) in [5.41, 5.74) is 3.28. The lowest BCUT2D eigenvalue weighted by Crippen LogP contribution is -2.22. The van der Waals surface area contributed by atoms with Crippen LogP contribution in [-0.4, -0.2) is 30.1 Å². The fourth-order valence-electron chi connectivity index (χ4n) is 2.53. The van der Waals surface area contributed by atoms with Gasteiger partial charge in [0.1, 0.15) is 0 Å². The first-order valence-corrected chi connectivity index (χ1v) is 8.07. The third-order valence-corrected chi connectivity index (χ3v) is 3.90. The lowest BCUT2D eigenvalue weighted by Gasteiger charge is -2.10. The number of rotatable bonds is 6. The summed E-state index contributed by atoms with van der Waals surface area (Å²) in [6.07, 6.45) is 5.18. The Labute approximate surface area is 151 Å². The number of aromatic nitrogens is 2. The van der Waals surface area contributed by atoms with Crippen molar-refractivity contribution in [3.05, 3.63) is 72.2 Å². The van der Waals surface area contributed by atoms with Crippen LogP contribution in [0.1, 0.15) is 15.9 Å². The monoisotopic (exact) mass is 349 g/mol. The predicted octanol–water partition coefficient (Wildman–Crippen LogP) is 3.09. The molecule has 0 aliphatic heterocycles. The SMILES string of the molecule is COc1ccc(C(=O)NCc2ccnc(-c3ccncc3)c2)cc1OC. The van der Waals surface area contributed by atoms with Crippen molar-refractivity contribution in [3.8, 4) is 22.8 Å². The molecule has 6 heteroatoms. The molecule has 132 valence electrons. The standard InChI is InChI=1S/C20H19N3O3/c1-25-18-4-3-16(12-19(18)26-2)20(24)23-13-14-5-10-22-17(11-14)15-6-8-21-9-7-15/h3-12H,13H2,1-2H3,(H,23,24). The number of hydrogen-bond donors (Lipinski definition) is 1. The van der Waals surface area contributed by atoms with E-state index in [-0.39, 0.29) is 5.91 Å². The minimum atomic E-state index is -0.187. The van der Waals surface area contributed by atoms with Crippen LogP contribution in [0, 0.1) is 0 Å². The van der Waals surface area contributed by atoms with Crippen molar-refractivity contribution in [1.29, 1.82) is 0 Å². The number of carbonyl (C=O) groups excluding carboxylic acids is 1. The molecule has 2 aromatic heterocycles. The van der Waals surface area contributed by atoms with Gasteiger partial charge in [-0.25, -0.2) is 0 Å². The van der Waals surface area contributed by atoms with Crippen molar-refractivity contribution >= 4 is 5.91 Å². The van der Waals surface area contributed by atoms with Crippen LogP contribution in [0.25, 0.3) is 11.3 Å². The minimum Gasteiger partial charge on any atom is -0.493 e. The predicted molar refractivity (Wildman–Crippen MR) is 98.2 cm³/mol. The van der Waals surface area contributed by atoms with Crippen LogP contribution >= 0.6 is 0 Å². The van der Waals surface area contributed by atoms with E-state index in [1.165, 1.54) is 7.11 Å². The van der Waals surface area contributed by atoms with Crippen LogP contribution < -0.4 is 14.8 Å². The molecule has 0 saturated carbocycles. The van der Waals surface area contributed by atoms with E-state index in [2.05, 4.69) is 15.3 Å². The lowest BCUT2D eigenvalue weighted by atomic mass is 10.1. The summed E-state index contributed by atoms with van der Waals surface area (Å²) in [6, 6.07) is 12.7. The second-order valence-corrected chi connectivity index (χ2v) is 5.54. The number of benzene rings is 1. The summed E-state index contributed by atoms with van der Waals surface area (Å²) in [5.74, 6) is 0.914. The molecule has 0 saturated heterocycles. The topological polar surface area (TPSA) is 73.3 Å². The number of nitrogens with one attached hydrogen (secondary N) is 1. The van der Waals surface area contributed by atoms with Gasteiger partial charge in [-0.15, -0.1) is 0 Å². The van der Waals surface area contributed by atoms with Crippen LogP contribution in [0.15, 0.2) is 61.1 Å². The number of nitrogens with zero attached hydrogens (tertiary/aromatic N) is 2. The summed E-state index contributed by atoms with van der Waals surface area (Å²) < 4.78 is 10.4. The molecule has 0 aliphatic carbocycles. The second kappa shape index (κ2) is 8.11. The molecule has 1 N–H and O–H groups in total. The summed E-state index contributed by atoms with van der Waals surface area (Å²) >= 11 is 0. The molecule has 3 rings (SSSR count). The maximum absolute atomic E-state index is 12.4. The van der Waals surface area contributed by atoms with Gasteiger partial charge in [0, 0.05) is 36.3 Å². The lowest BCUT2D eigenvalue weighted by molar-refractivity contribution is 0.0950. The number of ether oxygens (including phenoxy) is 2. The number of carbonyl (C=O) groups is 1. The number of amides is 1. The van der Waals surface area contributed by atoms with E-state index in [0.29, 0.717) is 23.6 Å². The third kappa shape index (κ3) is 3.97. The highest BCUT2D eigenvalue weighted by Crippen LogP contribution is 2.27. The minimum absolute atomic E-state index is 0.187. The van der Waals surface area contributed by atoms with Gasteiger partial charge in [-0.3, -0.25) is 14.8 Å². The summed E-state index contributed by atoms with van der Waals surface area (Å²) in [6.45, 7) is 0.397. The molecular weight excluding hydrogens is 330 g/mol. The molecule has 0 unspecified atom stereocenters. The zero-order valence-electron chi connectivity index (χ0n) is 14.6. The van der Waals surface area contributed by atoms with Crippen molar-refractivity contribution in [2.24, 2.45) is 0 Å². The highest BCUT2D eigenvalue weighted by molar-refractivity contribution is 5.94. The molecule has 0 aliphatic rings. The fourth-order valence-corrected chi connectivity index (χ4v) is 2.53. The second-order valence-electron chi connectivity index (χ2n) is 5.54. The summed E-state index contributed by atoms with van der Waals surface area (Å²) in [4.78, 5) is 20.8. The first kappa shape index (κ1) is 17.4. The van der Waals surface area contributed by atoms with Gasteiger partial charge in [-0.05, 0) is 48.0 Å². The van der Waals surface area contributed by atoms with Crippen molar-refractivity contribution < 1.29 is 14.3 Å². The Morgan fingerprint density at radius 2 is 1.73 bits per heavy atom.